The second kappa shape index (κ2) is 9.65. The fourth-order valence-corrected chi connectivity index (χ4v) is 4.32. The normalized spacial score (nSPS) is 11.0. The van der Waals surface area contributed by atoms with Crippen LogP contribution in [0.25, 0.3) is 0 Å². The third kappa shape index (κ3) is 5.15. The van der Waals surface area contributed by atoms with E-state index in [-0.39, 0.29) is 16.4 Å². The average Bonchev–Trinajstić information content (AvgIpc) is 2.80. The molecule has 0 bridgehead atoms. The number of benzene rings is 3. The summed E-state index contributed by atoms with van der Waals surface area (Å²) >= 11 is 0. The van der Waals surface area contributed by atoms with Gasteiger partial charge in [0.1, 0.15) is 0 Å². The van der Waals surface area contributed by atoms with E-state index in [9.17, 15) is 18.0 Å². The lowest BCUT2D eigenvalue weighted by Gasteiger charge is -2.20. The predicted molar refractivity (Wildman–Crippen MR) is 125 cm³/mol. The van der Waals surface area contributed by atoms with Gasteiger partial charge in [-0.25, -0.2) is 8.42 Å². The Morgan fingerprint density at radius 1 is 0.875 bits per heavy atom. The zero-order valence-corrected chi connectivity index (χ0v) is 19.0. The van der Waals surface area contributed by atoms with Crippen molar-refractivity contribution in [2.45, 2.75) is 18.4 Å². The van der Waals surface area contributed by atoms with Crippen LogP contribution in [0.4, 0.5) is 11.4 Å². The number of anilines is 2. The first-order valence-corrected chi connectivity index (χ1v) is 11.4. The maximum atomic E-state index is 13.1. The second-order valence-electron chi connectivity index (χ2n) is 7.32. The minimum absolute atomic E-state index is 0.0149. The SMILES string of the molecule is CC(=O)N(C)Cc1ccccc1NC(=O)c1cccc(S(=O)(=O)N(C)c2ccccc2)c1. The number of hydrogen-bond acceptors (Lipinski definition) is 4. The summed E-state index contributed by atoms with van der Waals surface area (Å²) < 4.78 is 27.3. The molecule has 0 saturated carbocycles. The van der Waals surface area contributed by atoms with E-state index in [4.69, 9.17) is 0 Å². The van der Waals surface area contributed by atoms with Crippen molar-refractivity contribution in [3.05, 3.63) is 90.0 Å². The molecule has 0 atom stereocenters. The molecule has 32 heavy (non-hydrogen) atoms. The molecular formula is C24H25N3O4S. The number of nitrogens with one attached hydrogen (secondary N) is 1. The number of para-hydroxylation sites is 2. The molecule has 3 aromatic carbocycles. The van der Waals surface area contributed by atoms with Crippen LogP contribution in [-0.2, 0) is 21.4 Å². The van der Waals surface area contributed by atoms with Gasteiger partial charge in [-0.1, -0.05) is 42.5 Å². The maximum Gasteiger partial charge on any atom is 0.264 e. The van der Waals surface area contributed by atoms with Crippen LogP contribution in [0.2, 0.25) is 0 Å². The van der Waals surface area contributed by atoms with E-state index in [2.05, 4.69) is 5.32 Å². The van der Waals surface area contributed by atoms with Gasteiger partial charge >= 0.3 is 0 Å². The van der Waals surface area contributed by atoms with Gasteiger partial charge < -0.3 is 10.2 Å². The Kier molecular flexibility index (Phi) is 6.95. The fourth-order valence-electron chi connectivity index (χ4n) is 3.07. The van der Waals surface area contributed by atoms with Crippen LogP contribution >= 0.6 is 0 Å². The standard InChI is InChI=1S/C24H25N3O4S/c1-18(28)26(2)17-20-10-7-8-15-23(20)25-24(29)19-11-9-14-22(16-19)32(30,31)27(3)21-12-5-4-6-13-21/h4-16H,17H2,1-3H3,(H,25,29). The molecule has 0 aliphatic rings. The molecule has 2 amide bonds. The zero-order valence-electron chi connectivity index (χ0n) is 18.1. The van der Waals surface area contributed by atoms with Crippen molar-refractivity contribution in [1.29, 1.82) is 0 Å². The highest BCUT2D eigenvalue weighted by atomic mass is 32.2. The molecule has 7 nitrogen and oxygen atoms in total. The fraction of sp³-hybridized carbons (Fsp3) is 0.167. The summed E-state index contributed by atoms with van der Waals surface area (Å²) in [6.45, 7) is 1.81. The Hall–Kier alpha value is -3.65. The van der Waals surface area contributed by atoms with Crippen LogP contribution in [0.5, 0.6) is 0 Å². The summed E-state index contributed by atoms with van der Waals surface area (Å²) in [4.78, 5) is 26.0. The average molecular weight is 452 g/mol. The van der Waals surface area contributed by atoms with Crippen molar-refractivity contribution < 1.29 is 18.0 Å². The van der Waals surface area contributed by atoms with E-state index >= 15 is 0 Å². The molecule has 166 valence electrons. The van der Waals surface area contributed by atoms with Gasteiger partial charge in [0, 0.05) is 38.8 Å². The van der Waals surface area contributed by atoms with Crippen molar-refractivity contribution in [3.8, 4) is 0 Å². The minimum Gasteiger partial charge on any atom is -0.342 e. The number of carbonyl (C=O) groups excluding carboxylic acids is 2. The van der Waals surface area contributed by atoms with E-state index in [0.717, 1.165) is 5.56 Å². The molecule has 3 aromatic rings. The number of carbonyl (C=O) groups is 2. The highest BCUT2D eigenvalue weighted by molar-refractivity contribution is 7.92. The van der Waals surface area contributed by atoms with Crippen LogP contribution in [-0.4, -0.2) is 39.2 Å². The molecule has 1 N–H and O–H groups in total. The summed E-state index contributed by atoms with van der Waals surface area (Å²) in [5.74, 6) is -0.533. The molecule has 0 radical (unpaired) electrons. The molecule has 3 rings (SSSR count). The molecule has 0 saturated heterocycles. The predicted octanol–water partition coefficient (Wildman–Crippen LogP) is 3.74. The molecule has 0 aromatic heterocycles. The topological polar surface area (TPSA) is 86.8 Å². The quantitative estimate of drug-likeness (QED) is 0.593. The van der Waals surface area contributed by atoms with Crippen molar-refractivity contribution >= 4 is 33.2 Å². The summed E-state index contributed by atoms with van der Waals surface area (Å²) in [5.41, 5.74) is 2.06. The Morgan fingerprint density at radius 2 is 1.53 bits per heavy atom. The molecule has 0 unspecified atom stereocenters. The molecule has 0 heterocycles. The zero-order chi connectivity index (χ0) is 23.3. The number of hydrogen-bond donors (Lipinski definition) is 1. The van der Waals surface area contributed by atoms with E-state index in [1.54, 1.807) is 55.6 Å². The van der Waals surface area contributed by atoms with E-state index in [1.807, 2.05) is 12.1 Å². The highest BCUT2D eigenvalue weighted by Gasteiger charge is 2.22. The van der Waals surface area contributed by atoms with E-state index < -0.39 is 15.9 Å². The van der Waals surface area contributed by atoms with Gasteiger partial charge in [-0.05, 0) is 42.0 Å². The third-order valence-electron chi connectivity index (χ3n) is 5.09. The monoisotopic (exact) mass is 451 g/mol. The highest BCUT2D eigenvalue weighted by Crippen LogP contribution is 2.23. The van der Waals surface area contributed by atoms with Gasteiger partial charge in [0.2, 0.25) is 5.91 Å². The first kappa shape index (κ1) is 23.0. The number of amides is 2. The van der Waals surface area contributed by atoms with Gasteiger partial charge in [0.25, 0.3) is 15.9 Å². The third-order valence-corrected chi connectivity index (χ3v) is 6.87. The molecule has 0 aliphatic heterocycles. The van der Waals surface area contributed by atoms with Crippen molar-refractivity contribution in [3.63, 3.8) is 0 Å². The largest absolute Gasteiger partial charge is 0.342 e. The number of sulfonamides is 1. The van der Waals surface area contributed by atoms with Gasteiger partial charge in [-0.2, -0.15) is 0 Å². The van der Waals surface area contributed by atoms with Gasteiger partial charge in [-0.3, -0.25) is 13.9 Å². The first-order chi connectivity index (χ1) is 15.2. The summed E-state index contributed by atoms with van der Waals surface area (Å²) in [7, 11) is -0.695. The Bertz CT molecular complexity index is 1230. The summed E-state index contributed by atoms with van der Waals surface area (Å²) in [6.07, 6.45) is 0. The maximum absolute atomic E-state index is 13.1. The van der Waals surface area contributed by atoms with Gasteiger partial charge in [0.05, 0.1) is 10.6 Å². The van der Waals surface area contributed by atoms with Crippen LogP contribution in [0.3, 0.4) is 0 Å². The lowest BCUT2D eigenvalue weighted by Crippen LogP contribution is -2.27. The Labute approximate surface area is 188 Å². The first-order valence-electron chi connectivity index (χ1n) is 9.95. The van der Waals surface area contributed by atoms with E-state index in [1.165, 1.54) is 41.4 Å². The van der Waals surface area contributed by atoms with Crippen LogP contribution in [0, 0.1) is 0 Å². The number of nitrogens with zero attached hydrogens (tertiary/aromatic N) is 2. The summed E-state index contributed by atoms with van der Waals surface area (Å²) in [6, 6.07) is 21.8. The van der Waals surface area contributed by atoms with E-state index in [0.29, 0.717) is 17.9 Å². The van der Waals surface area contributed by atoms with Crippen LogP contribution < -0.4 is 9.62 Å². The second-order valence-corrected chi connectivity index (χ2v) is 9.29. The van der Waals surface area contributed by atoms with Gasteiger partial charge in [0.15, 0.2) is 0 Å². The molecule has 8 heteroatoms. The minimum atomic E-state index is -3.85. The van der Waals surface area contributed by atoms with Crippen LogP contribution in [0.1, 0.15) is 22.8 Å². The van der Waals surface area contributed by atoms with Crippen LogP contribution in [0.15, 0.2) is 83.8 Å². The molecular weight excluding hydrogens is 426 g/mol. The smallest absolute Gasteiger partial charge is 0.264 e. The van der Waals surface area contributed by atoms with Crippen molar-refractivity contribution in [2.24, 2.45) is 0 Å². The Morgan fingerprint density at radius 3 is 2.22 bits per heavy atom. The molecule has 0 aliphatic carbocycles. The Balaban J connectivity index is 1.85. The lowest BCUT2D eigenvalue weighted by atomic mass is 10.1. The molecule has 0 fully saturated rings. The van der Waals surface area contributed by atoms with Crippen molar-refractivity contribution in [1.82, 2.24) is 4.90 Å². The lowest BCUT2D eigenvalue weighted by molar-refractivity contribution is -0.128. The van der Waals surface area contributed by atoms with Gasteiger partial charge in [-0.15, -0.1) is 0 Å². The summed E-state index contributed by atoms with van der Waals surface area (Å²) in [5, 5.41) is 2.83. The van der Waals surface area contributed by atoms with Crippen molar-refractivity contribution in [2.75, 3.05) is 23.7 Å². The number of rotatable bonds is 7. The molecule has 0 spiro atoms.